The van der Waals surface area contributed by atoms with Crippen LogP contribution in [0, 0.1) is 11.3 Å². The van der Waals surface area contributed by atoms with E-state index in [1.807, 2.05) is 27.7 Å². The van der Waals surface area contributed by atoms with Crippen LogP contribution in [-0.4, -0.2) is 53.4 Å². The monoisotopic (exact) mass is 302 g/mol. The van der Waals surface area contributed by atoms with Gasteiger partial charge in [-0.15, -0.1) is 0 Å². The molecule has 3 N–H and O–H groups in total. The highest BCUT2D eigenvalue weighted by atomic mass is 16.4. The topological polar surface area (TPSA) is 89.9 Å². The Morgan fingerprint density at radius 3 is 2.29 bits per heavy atom. The fourth-order valence-corrected chi connectivity index (χ4v) is 2.09. The minimum atomic E-state index is -0.896. The van der Waals surface area contributed by atoms with Gasteiger partial charge in [0.15, 0.2) is 0 Å². The molecule has 0 aliphatic rings. The second kappa shape index (κ2) is 9.60. The molecule has 2 amide bonds. The number of rotatable bonds is 9. The Labute approximate surface area is 127 Å². The maximum atomic E-state index is 12.0. The van der Waals surface area contributed by atoms with Crippen molar-refractivity contribution in [2.24, 2.45) is 11.3 Å². The summed E-state index contributed by atoms with van der Waals surface area (Å²) in [6.07, 6.45) is 2.31. The molecule has 0 aromatic rings. The molecule has 124 valence electrons. The van der Waals surface area contributed by atoms with E-state index in [4.69, 9.17) is 5.11 Å². The minimum Gasteiger partial charge on any atom is -0.481 e. The van der Waals surface area contributed by atoms with Crippen molar-refractivity contribution in [3.8, 4) is 0 Å². The summed E-state index contributed by atoms with van der Waals surface area (Å²) in [4.78, 5) is 24.8. The lowest BCUT2D eigenvalue weighted by Gasteiger charge is -2.26. The molecular formula is C15H30N2O4. The number of nitrogens with zero attached hydrogens (tertiary/aromatic N) is 1. The van der Waals surface area contributed by atoms with E-state index in [0.717, 1.165) is 12.8 Å². The summed E-state index contributed by atoms with van der Waals surface area (Å²) in [6, 6.07) is -0.308. The molecule has 1 unspecified atom stereocenters. The number of hydrogen-bond acceptors (Lipinski definition) is 3. The van der Waals surface area contributed by atoms with Crippen molar-refractivity contribution in [3.63, 3.8) is 0 Å². The van der Waals surface area contributed by atoms with E-state index >= 15 is 0 Å². The van der Waals surface area contributed by atoms with Gasteiger partial charge in [-0.05, 0) is 18.3 Å². The average molecular weight is 302 g/mol. The SMILES string of the molecule is CCCCN(CCO)C(=O)NCC(CC(C)(C)C)C(=O)O. The first-order valence-electron chi connectivity index (χ1n) is 7.57. The molecule has 0 saturated carbocycles. The number of carboxylic acids is 1. The molecule has 0 spiro atoms. The van der Waals surface area contributed by atoms with Crippen molar-refractivity contribution in [2.75, 3.05) is 26.2 Å². The number of carbonyl (C=O) groups excluding carboxylic acids is 1. The van der Waals surface area contributed by atoms with Crippen molar-refractivity contribution in [1.82, 2.24) is 10.2 Å². The molecule has 0 heterocycles. The number of nitrogens with one attached hydrogen (secondary N) is 1. The Balaban J connectivity index is 4.47. The average Bonchev–Trinajstić information content (AvgIpc) is 2.37. The standard InChI is InChI=1S/C15H30N2O4/c1-5-6-7-17(8-9-18)14(21)16-11-12(13(19)20)10-15(2,3)4/h12,18H,5-11H2,1-4H3,(H,16,21)(H,19,20). The van der Waals surface area contributed by atoms with Gasteiger partial charge in [-0.3, -0.25) is 4.79 Å². The van der Waals surface area contributed by atoms with E-state index in [1.165, 1.54) is 4.90 Å². The number of hydrogen-bond donors (Lipinski definition) is 3. The maximum absolute atomic E-state index is 12.0. The second-order valence-electron chi connectivity index (χ2n) is 6.55. The Kier molecular flexibility index (Phi) is 9.01. The van der Waals surface area contributed by atoms with Crippen LogP contribution in [-0.2, 0) is 4.79 Å². The molecule has 0 aliphatic heterocycles. The highest BCUT2D eigenvalue weighted by Gasteiger charge is 2.25. The largest absolute Gasteiger partial charge is 0.481 e. The summed E-state index contributed by atoms with van der Waals surface area (Å²) in [5.74, 6) is -1.50. The Bertz CT molecular complexity index is 326. The summed E-state index contributed by atoms with van der Waals surface area (Å²) in [6.45, 7) is 8.81. The summed E-state index contributed by atoms with van der Waals surface area (Å²) >= 11 is 0. The first kappa shape index (κ1) is 19.7. The van der Waals surface area contributed by atoms with Crippen LogP contribution in [0.25, 0.3) is 0 Å². The quantitative estimate of drug-likeness (QED) is 0.607. The van der Waals surface area contributed by atoms with Crippen molar-refractivity contribution in [3.05, 3.63) is 0 Å². The highest BCUT2D eigenvalue weighted by molar-refractivity contribution is 5.76. The summed E-state index contributed by atoms with van der Waals surface area (Å²) < 4.78 is 0. The van der Waals surface area contributed by atoms with Gasteiger partial charge in [0.1, 0.15) is 0 Å². The van der Waals surface area contributed by atoms with Crippen molar-refractivity contribution in [1.29, 1.82) is 0 Å². The smallest absolute Gasteiger partial charge is 0.317 e. The first-order valence-corrected chi connectivity index (χ1v) is 7.57. The molecule has 0 aliphatic carbocycles. The molecule has 0 saturated heterocycles. The van der Waals surface area contributed by atoms with Crippen molar-refractivity contribution >= 4 is 12.0 Å². The lowest BCUT2D eigenvalue weighted by Crippen LogP contribution is -2.45. The molecular weight excluding hydrogens is 272 g/mol. The van der Waals surface area contributed by atoms with Crippen molar-refractivity contribution in [2.45, 2.75) is 47.0 Å². The summed E-state index contributed by atoms with van der Waals surface area (Å²) in [5.41, 5.74) is -0.110. The zero-order valence-corrected chi connectivity index (χ0v) is 13.7. The van der Waals surface area contributed by atoms with Gasteiger partial charge in [-0.25, -0.2) is 4.79 Å². The molecule has 1 atom stereocenters. The number of aliphatic carboxylic acids is 1. The second-order valence-corrected chi connectivity index (χ2v) is 6.55. The number of urea groups is 1. The van der Waals surface area contributed by atoms with Crippen LogP contribution in [0.15, 0.2) is 0 Å². The van der Waals surface area contributed by atoms with E-state index in [1.54, 1.807) is 0 Å². The number of unbranched alkanes of at least 4 members (excludes halogenated alkanes) is 1. The zero-order chi connectivity index (χ0) is 16.5. The fourth-order valence-electron chi connectivity index (χ4n) is 2.09. The normalized spacial score (nSPS) is 12.8. The predicted molar refractivity (Wildman–Crippen MR) is 82.2 cm³/mol. The van der Waals surface area contributed by atoms with Gasteiger partial charge in [-0.1, -0.05) is 34.1 Å². The molecule has 0 bridgehead atoms. The highest BCUT2D eigenvalue weighted by Crippen LogP contribution is 2.24. The Morgan fingerprint density at radius 1 is 1.24 bits per heavy atom. The molecule has 6 nitrogen and oxygen atoms in total. The van der Waals surface area contributed by atoms with Crippen LogP contribution in [0.5, 0.6) is 0 Å². The molecule has 6 heteroatoms. The van der Waals surface area contributed by atoms with Crippen LogP contribution in [0.1, 0.15) is 47.0 Å². The van der Waals surface area contributed by atoms with E-state index in [9.17, 15) is 14.7 Å². The fraction of sp³-hybridized carbons (Fsp3) is 0.867. The van der Waals surface area contributed by atoms with Gasteiger partial charge in [0.05, 0.1) is 12.5 Å². The third-order valence-corrected chi connectivity index (χ3v) is 3.15. The lowest BCUT2D eigenvalue weighted by atomic mass is 9.84. The van der Waals surface area contributed by atoms with Crippen molar-refractivity contribution < 1.29 is 19.8 Å². The van der Waals surface area contributed by atoms with Gasteiger partial charge < -0.3 is 20.4 Å². The van der Waals surface area contributed by atoms with Gasteiger partial charge >= 0.3 is 12.0 Å². The van der Waals surface area contributed by atoms with E-state index in [0.29, 0.717) is 13.0 Å². The van der Waals surface area contributed by atoms with Gasteiger partial charge in [0.25, 0.3) is 0 Å². The Morgan fingerprint density at radius 2 is 1.86 bits per heavy atom. The zero-order valence-electron chi connectivity index (χ0n) is 13.7. The summed E-state index contributed by atoms with van der Waals surface area (Å²) in [5, 5.41) is 20.9. The number of aliphatic hydroxyl groups is 1. The van der Waals surface area contributed by atoms with Crippen LogP contribution >= 0.6 is 0 Å². The van der Waals surface area contributed by atoms with Crippen LogP contribution in [0.2, 0.25) is 0 Å². The molecule has 0 aromatic carbocycles. The molecule has 0 fully saturated rings. The number of amides is 2. The van der Waals surface area contributed by atoms with Gasteiger partial charge in [0, 0.05) is 19.6 Å². The van der Waals surface area contributed by atoms with Gasteiger partial charge in [-0.2, -0.15) is 0 Å². The van der Waals surface area contributed by atoms with E-state index in [2.05, 4.69) is 5.32 Å². The van der Waals surface area contributed by atoms with E-state index < -0.39 is 11.9 Å². The number of aliphatic hydroxyl groups excluding tert-OH is 1. The third kappa shape index (κ3) is 9.28. The van der Waals surface area contributed by atoms with Crippen LogP contribution < -0.4 is 5.32 Å². The molecule has 0 rings (SSSR count). The van der Waals surface area contributed by atoms with Crippen LogP contribution in [0.4, 0.5) is 4.79 Å². The molecule has 0 aromatic heterocycles. The first-order chi connectivity index (χ1) is 9.71. The Hall–Kier alpha value is -1.30. The minimum absolute atomic E-state index is 0.0957. The lowest BCUT2D eigenvalue weighted by molar-refractivity contribution is -0.142. The number of carboxylic acid groups (broad SMARTS) is 1. The van der Waals surface area contributed by atoms with E-state index in [-0.39, 0.29) is 31.1 Å². The maximum Gasteiger partial charge on any atom is 0.317 e. The van der Waals surface area contributed by atoms with Gasteiger partial charge in [0.2, 0.25) is 0 Å². The predicted octanol–water partition coefficient (Wildman–Crippen LogP) is 1.93. The molecule has 0 radical (unpaired) electrons. The van der Waals surface area contributed by atoms with Crippen LogP contribution in [0.3, 0.4) is 0 Å². The summed E-state index contributed by atoms with van der Waals surface area (Å²) in [7, 11) is 0. The number of carbonyl (C=O) groups is 2. The third-order valence-electron chi connectivity index (χ3n) is 3.15. The molecule has 21 heavy (non-hydrogen) atoms.